The molecule has 0 saturated heterocycles. The molecule has 2 nitrogen and oxygen atoms in total. The Morgan fingerprint density at radius 3 is 2.38 bits per heavy atom. The topological polar surface area (TPSA) is 29.1 Å². The van der Waals surface area contributed by atoms with Crippen molar-refractivity contribution in [1.82, 2.24) is 5.32 Å². The summed E-state index contributed by atoms with van der Waals surface area (Å²) in [4.78, 5) is 9.92. The van der Waals surface area contributed by atoms with Crippen LogP contribution < -0.4 is 5.32 Å². The Labute approximate surface area is 79.0 Å². The Morgan fingerprint density at radius 1 is 1.31 bits per heavy atom. The molecule has 2 heteroatoms. The highest BCUT2D eigenvalue weighted by atomic mass is 16.1. The summed E-state index contributed by atoms with van der Waals surface area (Å²) in [6, 6.07) is 8.23. The molecule has 0 aliphatic carbocycles. The summed E-state index contributed by atoms with van der Waals surface area (Å²) in [5.74, 6) is 0.555. The predicted molar refractivity (Wildman–Crippen MR) is 53.1 cm³/mol. The zero-order chi connectivity index (χ0) is 9.68. The molecule has 1 aromatic rings. The second-order valence-electron chi connectivity index (χ2n) is 3.35. The van der Waals surface area contributed by atoms with E-state index in [1.165, 1.54) is 5.56 Å². The molecule has 1 rings (SSSR count). The number of hydrogen-bond acceptors (Lipinski definition) is 1. The van der Waals surface area contributed by atoms with Crippen LogP contribution in [0, 0.1) is 0 Å². The summed E-state index contributed by atoms with van der Waals surface area (Å²) in [6.45, 7) is 4.88. The highest BCUT2D eigenvalue weighted by Crippen LogP contribution is 2.14. The maximum absolute atomic E-state index is 9.92. The van der Waals surface area contributed by atoms with Gasteiger partial charge in [0, 0.05) is 6.54 Å². The van der Waals surface area contributed by atoms with Crippen LogP contribution in [0.2, 0.25) is 0 Å². The summed E-state index contributed by atoms with van der Waals surface area (Å²) < 4.78 is 0. The lowest BCUT2D eigenvalue weighted by atomic mass is 10.0. The SMILES string of the molecule is CC(C)c1ccc(CN[C]=O)cc1. The van der Waals surface area contributed by atoms with Gasteiger partial charge in [0.05, 0.1) is 0 Å². The van der Waals surface area contributed by atoms with Crippen LogP contribution in [0.15, 0.2) is 24.3 Å². The van der Waals surface area contributed by atoms with Gasteiger partial charge in [-0.1, -0.05) is 38.1 Å². The molecule has 13 heavy (non-hydrogen) atoms. The molecule has 69 valence electrons. The van der Waals surface area contributed by atoms with E-state index in [4.69, 9.17) is 0 Å². The van der Waals surface area contributed by atoms with Crippen molar-refractivity contribution < 1.29 is 4.79 Å². The molecule has 0 atom stereocenters. The van der Waals surface area contributed by atoms with Crippen molar-refractivity contribution >= 4 is 6.41 Å². The van der Waals surface area contributed by atoms with Crippen molar-refractivity contribution in [3.8, 4) is 0 Å². The molecule has 0 heterocycles. The minimum atomic E-state index is 0.555. The summed E-state index contributed by atoms with van der Waals surface area (Å²) >= 11 is 0. The van der Waals surface area contributed by atoms with Gasteiger partial charge in [-0.25, -0.2) is 0 Å². The Bertz CT molecular complexity index is 264. The maximum Gasteiger partial charge on any atom is 0.309 e. The lowest BCUT2D eigenvalue weighted by molar-refractivity contribution is 0.542. The minimum Gasteiger partial charge on any atom is -0.344 e. The lowest BCUT2D eigenvalue weighted by Crippen LogP contribution is -2.09. The zero-order valence-corrected chi connectivity index (χ0v) is 8.00. The van der Waals surface area contributed by atoms with Gasteiger partial charge in [-0.15, -0.1) is 0 Å². The summed E-state index contributed by atoms with van der Waals surface area (Å²) in [6.07, 6.45) is 1.65. The third-order valence-electron chi connectivity index (χ3n) is 2.01. The van der Waals surface area contributed by atoms with Crippen LogP contribution in [0.3, 0.4) is 0 Å². The highest BCUT2D eigenvalue weighted by molar-refractivity contribution is 5.47. The largest absolute Gasteiger partial charge is 0.344 e. The number of rotatable bonds is 4. The van der Waals surface area contributed by atoms with Crippen molar-refractivity contribution in [3.05, 3.63) is 35.4 Å². The Balaban J connectivity index is 2.64. The van der Waals surface area contributed by atoms with Gasteiger partial charge in [0.25, 0.3) is 0 Å². The normalized spacial score (nSPS) is 10.1. The first-order valence-corrected chi connectivity index (χ1v) is 4.43. The average Bonchev–Trinajstić information content (AvgIpc) is 2.15. The zero-order valence-electron chi connectivity index (χ0n) is 8.00. The third kappa shape index (κ3) is 2.90. The lowest BCUT2D eigenvalue weighted by Gasteiger charge is -2.05. The molecular formula is C11H14NO. The summed E-state index contributed by atoms with van der Waals surface area (Å²) in [5, 5.41) is 2.51. The number of nitrogens with one attached hydrogen (secondary N) is 1. The molecular weight excluding hydrogens is 162 g/mol. The van der Waals surface area contributed by atoms with Gasteiger partial charge in [0.15, 0.2) is 0 Å². The molecule has 0 saturated carbocycles. The van der Waals surface area contributed by atoms with Gasteiger partial charge in [-0.05, 0) is 17.0 Å². The van der Waals surface area contributed by atoms with Crippen molar-refractivity contribution in [2.75, 3.05) is 0 Å². The van der Waals surface area contributed by atoms with E-state index >= 15 is 0 Å². The molecule has 1 N–H and O–H groups in total. The average molecular weight is 176 g/mol. The van der Waals surface area contributed by atoms with E-state index in [0.717, 1.165) is 5.56 Å². The number of amides is 1. The van der Waals surface area contributed by atoms with E-state index in [1.807, 2.05) is 12.1 Å². The number of hydrogen-bond donors (Lipinski definition) is 1. The van der Waals surface area contributed by atoms with Crippen LogP contribution in [0.25, 0.3) is 0 Å². The van der Waals surface area contributed by atoms with Crippen molar-refractivity contribution in [1.29, 1.82) is 0 Å². The minimum absolute atomic E-state index is 0.555. The van der Waals surface area contributed by atoms with Gasteiger partial charge in [0.1, 0.15) is 0 Å². The molecule has 0 aromatic heterocycles. The third-order valence-corrected chi connectivity index (χ3v) is 2.01. The fourth-order valence-corrected chi connectivity index (χ4v) is 1.16. The monoisotopic (exact) mass is 176 g/mol. The first-order valence-electron chi connectivity index (χ1n) is 4.43. The van der Waals surface area contributed by atoms with Crippen molar-refractivity contribution in [3.63, 3.8) is 0 Å². The molecule has 0 bridgehead atoms. The molecule has 0 unspecified atom stereocenters. The van der Waals surface area contributed by atoms with Gasteiger partial charge in [0.2, 0.25) is 0 Å². The fraction of sp³-hybridized carbons (Fsp3) is 0.364. The smallest absolute Gasteiger partial charge is 0.309 e. The van der Waals surface area contributed by atoms with Crippen LogP contribution in [0.5, 0.6) is 0 Å². The van der Waals surface area contributed by atoms with Gasteiger partial charge < -0.3 is 5.32 Å². The van der Waals surface area contributed by atoms with Gasteiger partial charge >= 0.3 is 6.41 Å². The van der Waals surface area contributed by atoms with Crippen LogP contribution in [-0.4, -0.2) is 6.41 Å². The maximum atomic E-state index is 9.92. The summed E-state index contributed by atoms with van der Waals surface area (Å²) in [5.41, 5.74) is 2.42. The first-order chi connectivity index (χ1) is 6.24. The molecule has 1 amide bonds. The molecule has 0 spiro atoms. The van der Waals surface area contributed by atoms with E-state index in [9.17, 15) is 4.79 Å². The highest BCUT2D eigenvalue weighted by Gasteiger charge is 1.97. The van der Waals surface area contributed by atoms with Crippen LogP contribution in [0.1, 0.15) is 30.9 Å². The molecule has 0 aliphatic rings. The van der Waals surface area contributed by atoms with Gasteiger partial charge in [-0.2, -0.15) is 0 Å². The molecule has 1 aromatic carbocycles. The quantitative estimate of drug-likeness (QED) is 0.698. The molecule has 0 aliphatic heterocycles. The molecule has 0 fully saturated rings. The Morgan fingerprint density at radius 2 is 1.92 bits per heavy atom. The Hall–Kier alpha value is -1.31. The first kappa shape index (κ1) is 9.78. The second-order valence-corrected chi connectivity index (χ2v) is 3.35. The fourth-order valence-electron chi connectivity index (χ4n) is 1.16. The standard InChI is InChI=1S/C11H14NO/c1-9(2)11-5-3-10(4-6-11)7-12-8-13/h3-6,9H,7H2,1-2H3,(H,12,13). The summed E-state index contributed by atoms with van der Waals surface area (Å²) in [7, 11) is 0. The van der Waals surface area contributed by atoms with Crippen LogP contribution >= 0.6 is 0 Å². The second kappa shape index (κ2) is 4.65. The molecule has 1 radical (unpaired) electrons. The van der Waals surface area contributed by atoms with E-state index in [2.05, 4.69) is 31.3 Å². The van der Waals surface area contributed by atoms with Crippen LogP contribution in [0.4, 0.5) is 0 Å². The van der Waals surface area contributed by atoms with Gasteiger partial charge in [-0.3, -0.25) is 4.79 Å². The van der Waals surface area contributed by atoms with E-state index in [-0.39, 0.29) is 0 Å². The number of carbonyl (C=O) groups excluding carboxylic acids is 1. The predicted octanol–water partition coefficient (Wildman–Crippen LogP) is 1.97. The van der Waals surface area contributed by atoms with Crippen molar-refractivity contribution in [2.24, 2.45) is 0 Å². The van der Waals surface area contributed by atoms with Crippen LogP contribution in [-0.2, 0) is 11.3 Å². The Kier molecular flexibility index (Phi) is 3.50. The van der Waals surface area contributed by atoms with E-state index in [1.54, 1.807) is 6.41 Å². The van der Waals surface area contributed by atoms with E-state index in [0.29, 0.717) is 12.5 Å². The van der Waals surface area contributed by atoms with E-state index < -0.39 is 0 Å². The number of benzene rings is 1. The van der Waals surface area contributed by atoms with Crippen molar-refractivity contribution in [2.45, 2.75) is 26.3 Å².